The monoisotopic (exact) mass is 253 g/mol. The van der Waals surface area contributed by atoms with E-state index in [0.29, 0.717) is 19.0 Å². The number of rotatable bonds is 2. The maximum absolute atomic E-state index is 9.26. The van der Waals surface area contributed by atoms with Gasteiger partial charge in [0.15, 0.2) is 5.41 Å². The second-order valence-electron chi connectivity index (χ2n) is 5.13. The molecule has 2 aromatic rings. The van der Waals surface area contributed by atoms with E-state index < -0.39 is 5.41 Å². The number of nitrogens with one attached hydrogen (secondary N) is 1. The summed E-state index contributed by atoms with van der Waals surface area (Å²) in [5, 5.41) is 9.26. The van der Waals surface area contributed by atoms with Crippen molar-refractivity contribution >= 4 is 0 Å². The minimum absolute atomic E-state index is 0.420. The summed E-state index contributed by atoms with van der Waals surface area (Å²) in [6, 6.07) is 8.59. The first kappa shape index (κ1) is 11.9. The summed E-state index contributed by atoms with van der Waals surface area (Å²) in [6.07, 6.45) is 1.79. The lowest BCUT2D eigenvalue weighted by Crippen LogP contribution is -2.46. The van der Waals surface area contributed by atoms with Crippen LogP contribution in [0.2, 0.25) is 0 Å². The maximum Gasteiger partial charge on any atom is 0.161 e. The van der Waals surface area contributed by atoms with Gasteiger partial charge in [-0.2, -0.15) is 5.26 Å². The van der Waals surface area contributed by atoms with E-state index in [-0.39, 0.29) is 0 Å². The van der Waals surface area contributed by atoms with E-state index in [9.17, 15) is 5.26 Å². The molecule has 1 aliphatic heterocycles. The summed E-state index contributed by atoms with van der Waals surface area (Å²) < 4.78 is 5.15. The highest BCUT2D eigenvalue weighted by atomic mass is 16.5. The summed E-state index contributed by atoms with van der Waals surface area (Å²) >= 11 is 0. The van der Waals surface area contributed by atoms with E-state index in [1.54, 1.807) is 6.20 Å². The Hall–Kier alpha value is -2.12. The second-order valence-corrected chi connectivity index (χ2v) is 5.13. The van der Waals surface area contributed by atoms with Crippen LogP contribution in [0, 0.1) is 25.2 Å². The molecule has 0 spiro atoms. The zero-order chi connectivity index (χ0) is 13.5. The number of imidazole rings is 1. The highest BCUT2D eigenvalue weighted by Crippen LogP contribution is 2.31. The zero-order valence-electron chi connectivity index (χ0n) is 11.0. The Morgan fingerprint density at radius 2 is 2.11 bits per heavy atom. The fourth-order valence-corrected chi connectivity index (χ4v) is 2.18. The topological polar surface area (TPSA) is 61.7 Å². The summed E-state index contributed by atoms with van der Waals surface area (Å²) in [5.74, 6) is 0.703. The number of nitriles is 1. The number of nitrogens with zero attached hydrogens (tertiary/aromatic N) is 2. The zero-order valence-corrected chi connectivity index (χ0v) is 11.0. The van der Waals surface area contributed by atoms with E-state index in [1.165, 1.54) is 11.1 Å². The van der Waals surface area contributed by atoms with E-state index in [0.717, 1.165) is 11.3 Å². The smallest absolute Gasteiger partial charge is 0.161 e. The van der Waals surface area contributed by atoms with Gasteiger partial charge in [0.05, 0.1) is 31.2 Å². The first-order valence-electron chi connectivity index (χ1n) is 6.27. The molecule has 19 heavy (non-hydrogen) atoms. The van der Waals surface area contributed by atoms with Gasteiger partial charge in [-0.3, -0.25) is 0 Å². The average molecular weight is 253 g/mol. The van der Waals surface area contributed by atoms with Crippen LogP contribution in [0.5, 0.6) is 0 Å². The normalized spacial score (nSPS) is 16.7. The molecule has 96 valence electrons. The molecule has 2 heterocycles. The third kappa shape index (κ3) is 1.83. The van der Waals surface area contributed by atoms with Crippen LogP contribution in [0.15, 0.2) is 24.4 Å². The first-order chi connectivity index (χ1) is 9.14. The van der Waals surface area contributed by atoms with Crippen molar-refractivity contribution in [2.45, 2.75) is 19.3 Å². The fraction of sp³-hybridized carbons (Fsp3) is 0.333. The average Bonchev–Trinajstić information content (AvgIpc) is 2.82. The number of aromatic nitrogens is 2. The first-order valence-corrected chi connectivity index (χ1v) is 6.27. The van der Waals surface area contributed by atoms with Crippen LogP contribution in [-0.2, 0) is 10.2 Å². The van der Waals surface area contributed by atoms with Crippen LogP contribution in [0.25, 0.3) is 11.3 Å². The van der Waals surface area contributed by atoms with Crippen LogP contribution in [-0.4, -0.2) is 23.2 Å². The molecule has 0 saturated carbocycles. The van der Waals surface area contributed by atoms with E-state index in [1.807, 2.05) is 0 Å². The number of ether oxygens (including phenoxy) is 1. The number of aryl methyl sites for hydroxylation is 2. The van der Waals surface area contributed by atoms with E-state index in [4.69, 9.17) is 4.74 Å². The van der Waals surface area contributed by atoms with Crippen molar-refractivity contribution in [3.05, 3.63) is 41.3 Å². The molecule has 1 fully saturated rings. The van der Waals surface area contributed by atoms with Crippen LogP contribution >= 0.6 is 0 Å². The summed E-state index contributed by atoms with van der Waals surface area (Å²) in [5.41, 5.74) is 3.97. The van der Waals surface area contributed by atoms with Gasteiger partial charge < -0.3 is 9.72 Å². The van der Waals surface area contributed by atoms with Crippen molar-refractivity contribution in [2.75, 3.05) is 13.2 Å². The van der Waals surface area contributed by atoms with Crippen LogP contribution in [0.4, 0.5) is 0 Å². The van der Waals surface area contributed by atoms with Gasteiger partial charge in [-0.25, -0.2) is 4.98 Å². The van der Waals surface area contributed by atoms with E-state index >= 15 is 0 Å². The molecule has 1 aromatic heterocycles. The standard InChI is InChI=1S/C15H15N3O/c1-10-3-4-12(5-11(10)2)13-6-17-14(18-13)15(7-16)8-19-9-15/h3-6H,8-9H2,1-2H3,(H,17,18). The third-order valence-electron chi connectivity index (χ3n) is 3.76. The lowest BCUT2D eigenvalue weighted by atomic mass is 9.87. The summed E-state index contributed by atoms with van der Waals surface area (Å²) in [4.78, 5) is 7.61. The molecule has 0 bridgehead atoms. The number of hydrogen-bond donors (Lipinski definition) is 1. The summed E-state index contributed by atoms with van der Waals surface area (Å²) in [6.45, 7) is 5.02. The third-order valence-corrected chi connectivity index (χ3v) is 3.76. The molecular weight excluding hydrogens is 238 g/mol. The lowest BCUT2D eigenvalue weighted by Gasteiger charge is -2.32. The Morgan fingerprint density at radius 3 is 2.68 bits per heavy atom. The quantitative estimate of drug-likeness (QED) is 0.894. The van der Waals surface area contributed by atoms with Crippen molar-refractivity contribution in [1.82, 2.24) is 9.97 Å². The van der Waals surface area contributed by atoms with Gasteiger partial charge >= 0.3 is 0 Å². The molecule has 4 nitrogen and oxygen atoms in total. The Kier molecular flexibility index (Phi) is 2.65. The predicted molar refractivity (Wildman–Crippen MR) is 71.6 cm³/mol. The molecule has 0 aliphatic carbocycles. The SMILES string of the molecule is Cc1ccc(-c2cnc(C3(C#N)COC3)[nH]2)cc1C. The maximum atomic E-state index is 9.26. The van der Waals surface area contributed by atoms with Gasteiger partial charge in [0, 0.05) is 0 Å². The highest BCUT2D eigenvalue weighted by Gasteiger charge is 2.43. The molecule has 0 atom stereocenters. The van der Waals surface area contributed by atoms with Gasteiger partial charge in [-0.1, -0.05) is 12.1 Å². The van der Waals surface area contributed by atoms with Crippen molar-refractivity contribution in [1.29, 1.82) is 5.26 Å². The molecule has 1 aliphatic rings. The molecular formula is C15H15N3O. The second kappa shape index (κ2) is 4.22. The molecule has 1 N–H and O–H groups in total. The van der Waals surface area contributed by atoms with Crippen molar-refractivity contribution in [2.24, 2.45) is 0 Å². The van der Waals surface area contributed by atoms with Crippen LogP contribution < -0.4 is 0 Å². The number of benzene rings is 1. The number of H-pyrrole nitrogens is 1. The van der Waals surface area contributed by atoms with Gasteiger partial charge in [0.2, 0.25) is 0 Å². The highest BCUT2D eigenvalue weighted by molar-refractivity contribution is 5.60. The molecule has 3 rings (SSSR count). The lowest BCUT2D eigenvalue weighted by molar-refractivity contribution is -0.0335. The van der Waals surface area contributed by atoms with Crippen molar-refractivity contribution in [3.63, 3.8) is 0 Å². The molecule has 4 heteroatoms. The fourth-order valence-electron chi connectivity index (χ4n) is 2.18. The van der Waals surface area contributed by atoms with Crippen molar-refractivity contribution in [3.8, 4) is 17.3 Å². The molecule has 0 unspecified atom stereocenters. The Morgan fingerprint density at radius 1 is 1.32 bits per heavy atom. The minimum Gasteiger partial charge on any atom is -0.377 e. The molecule has 1 aromatic carbocycles. The Balaban J connectivity index is 1.97. The molecule has 0 amide bonds. The van der Waals surface area contributed by atoms with Gasteiger partial charge in [-0.15, -0.1) is 0 Å². The minimum atomic E-state index is -0.585. The molecule has 0 radical (unpaired) electrons. The van der Waals surface area contributed by atoms with Crippen LogP contribution in [0.1, 0.15) is 17.0 Å². The predicted octanol–water partition coefficient (Wildman–Crippen LogP) is 2.49. The summed E-state index contributed by atoms with van der Waals surface area (Å²) in [7, 11) is 0. The van der Waals surface area contributed by atoms with Crippen LogP contribution in [0.3, 0.4) is 0 Å². The van der Waals surface area contributed by atoms with Gasteiger partial charge in [-0.05, 0) is 36.6 Å². The van der Waals surface area contributed by atoms with Gasteiger partial charge in [0.1, 0.15) is 5.82 Å². The van der Waals surface area contributed by atoms with Gasteiger partial charge in [0.25, 0.3) is 0 Å². The largest absolute Gasteiger partial charge is 0.377 e. The number of aromatic amines is 1. The Labute approximate surface area is 112 Å². The van der Waals surface area contributed by atoms with E-state index in [2.05, 4.69) is 48.1 Å². The van der Waals surface area contributed by atoms with Crippen molar-refractivity contribution < 1.29 is 4.74 Å². The molecule has 1 saturated heterocycles. The number of hydrogen-bond acceptors (Lipinski definition) is 3. The Bertz CT molecular complexity index is 662.